The maximum Gasteiger partial charge on any atom is 0.195 e. The van der Waals surface area contributed by atoms with E-state index >= 15 is 0 Å². The lowest BCUT2D eigenvalue weighted by molar-refractivity contribution is 0.476. The van der Waals surface area contributed by atoms with Crippen LogP contribution < -0.4 is 0 Å². The molecular formula is C15H22ClFIN3. The first-order valence-electron chi connectivity index (χ1n) is 6.70. The fourth-order valence-corrected chi connectivity index (χ4v) is 2.86. The van der Waals surface area contributed by atoms with Crippen molar-refractivity contribution in [3.8, 4) is 0 Å². The van der Waals surface area contributed by atoms with E-state index in [1.54, 1.807) is 6.07 Å². The second-order valence-corrected chi connectivity index (χ2v) is 6.22. The molecule has 0 N–H and O–H groups in total. The summed E-state index contributed by atoms with van der Waals surface area (Å²) in [5.41, 5.74) is 1.00. The van der Waals surface area contributed by atoms with Crippen LogP contribution in [0.5, 0.6) is 0 Å². The van der Waals surface area contributed by atoms with Gasteiger partial charge in [0.05, 0.1) is 6.54 Å². The van der Waals surface area contributed by atoms with Crippen molar-refractivity contribution in [2.45, 2.75) is 18.3 Å². The number of hydrogen-bond donors (Lipinski definition) is 0. The minimum atomic E-state index is -0.291. The second-order valence-electron chi connectivity index (χ2n) is 5.81. The zero-order valence-corrected chi connectivity index (χ0v) is 15.9. The summed E-state index contributed by atoms with van der Waals surface area (Å²) in [5.74, 6) is 0.634. The van der Waals surface area contributed by atoms with E-state index in [1.807, 2.05) is 38.0 Å². The first-order chi connectivity index (χ1) is 9.35. The maximum absolute atomic E-state index is 13.2. The van der Waals surface area contributed by atoms with Gasteiger partial charge in [-0.05, 0) is 30.5 Å². The summed E-state index contributed by atoms with van der Waals surface area (Å²) >= 11 is 6.19. The standard InChI is InChI=1S/C15H21ClFN3.HI/c1-19(2)14(20(3)4)18-10-15(7-8-15)12-6-5-11(17)9-13(12)16;/h5-6,9H,7-8,10H2,1-4H3;1H. The number of halogens is 3. The number of rotatable bonds is 3. The molecule has 0 heterocycles. The molecule has 0 atom stereocenters. The van der Waals surface area contributed by atoms with E-state index in [-0.39, 0.29) is 35.2 Å². The number of hydrogen-bond acceptors (Lipinski definition) is 1. The molecule has 0 aromatic heterocycles. The Labute approximate surface area is 148 Å². The van der Waals surface area contributed by atoms with E-state index in [1.165, 1.54) is 12.1 Å². The van der Waals surface area contributed by atoms with E-state index in [0.717, 1.165) is 24.4 Å². The maximum atomic E-state index is 13.2. The summed E-state index contributed by atoms with van der Waals surface area (Å²) in [6.45, 7) is 0.685. The van der Waals surface area contributed by atoms with Crippen LogP contribution in [-0.2, 0) is 5.41 Å². The van der Waals surface area contributed by atoms with Crippen LogP contribution in [0.15, 0.2) is 23.2 Å². The van der Waals surface area contributed by atoms with Crippen LogP contribution in [0.3, 0.4) is 0 Å². The van der Waals surface area contributed by atoms with Gasteiger partial charge in [-0.3, -0.25) is 4.99 Å². The molecule has 0 aliphatic heterocycles. The highest BCUT2D eigenvalue weighted by Crippen LogP contribution is 2.50. The summed E-state index contributed by atoms with van der Waals surface area (Å²) in [5, 5.41) is 0.508. The van der Waals surface area contributed by atoms with Crippen LogP contribution >= 0.6 is 35.6 Å². The minimum absolute atomic E-state index is 0. The van der Waals surface area contributed by atoms with Crippen molar-refractivity contribution < 1.29 is 4.39 Å². The van der Waals surface area contributed by atoms with Crippen LogP contribution in [0.25, 0.3) is 0 Å². The fraction of sp³-hybridized carbons (Fsp3) is 0.533. The second kappa shape index (κ2) is 7.13. The zero-order valence-electron chi connectivity index (χ0n) is 12.9. The molecule has 118 valence electrons. The molecule has 0 amide bonds. The fourth-order valence-electron chi connectivity index (χ4n) is 2.49. The van der Waals surface area contributed by atoms with Crippen molar-refractivity contribution in [3.05, 3.63) is 34.6 Å². The summed E-state index contributed by atoms with van der Waals surface area (Å²) in [6, 6.07) is 4.66. The van der Waals surface area contributed by atoms with Crippen molar-refractivity contribution in [1.29, 1.82) is 0 Å². The van der Waals surface area contributed by atoms with Gasteiger partial charge in [-0.25, -0.2) is 4.39 Å². The predicted octanol–water partition coefficient (Wildman–Crippen LogP) is 3.61. The highest BCUT2D eigenvalue weighted by molar-refractivity contribution is 14.0. The SMILES string of the molecule is CN(C)C(=NCC1(c2ccc(F)cc2Cl)CC1)N(C)C.I. The Balaban J connectivity index is 0.00000220. The molecule has 3 nitrogen and oxygen atoms in total. The van der Waals surface area contributed by atoms with Crippen molar-refractivity contribution in [2.24, 2.45) is 4.99 Å². The average Bonchev–Trinajstić information content (AvgIpc) is 3.09. The third kappa shape index (κ3) is 4.22. The largest absolute Gasteiger partial charge is 0.349 e. The minimum Gasteiger partial charge on any atom is -0.349 e. The number of guanidine groups is 1. The Hall–Kier alpha value is -0.560. The van der Waals surface area contributed by atoms with Gasteiger partial charge < -0.3 is 9.80 Å². The van der Waals surface area contributed by atoms with Crippen molar-refractivity contribution in [2.75, 3.05) is 34.7 Å². The lowest BCUT2D eigenvalue weighted by atomic mass is 9.96. The third-order valence-corrected chi connectivity index (χ3v) is 3.99. The molecule has 1 aromatic rings. The van der Waals surface area contributed by atoms with Gasteiger partial charge in [-0.15, -0.1) is 24.0 Å². The van der Waals surface area contributed by atoms with Gasteiger partial charge in [0.1, 0.15) is 5.82 Å². The number of aliphatic imine (C=N–C) groups is 1. The van der Waals surface area contributed by atoms with E-state index in [2.05, 4.69) is 0 Å². The van der Waals surface area contributed by atoms with Crippen molar-refractivity contribution in [1.82, 2.24) is 9.80 Å². The zero-order chi connectivity index (χ0) is 14.9. The summed E-state index contributed by atoms with van der Waals surface area (Å²) in [6.07, 6.45) is 2.10. The summed E-state index contributed by atoms with van der Waals surface area (Å²) in [4.78, 5) is 8.69. The molecule has 1 aliphatic rings. The molecule has 0 bridgehead atoms. The Morgan fingerprint density at radius 1 is 1.24 bits per heavy atom. The quantitative estimate of drug-likeness (QED) is 0.419. The molecule has 2 rings (SSSR count). The normalized spacial score (nSPS) is 15.0. The Morgan fingerprint density at radius 2 is 1.81 bits per heavy atom. The first-order valence-corrected chi connectivity index (χ1v) is 7.08. The van der Waals surface area contributed by atoms with Crippen LogP contribution in [-0.4, -0.2) is 50.5 Å². The molecule has 21 heavy (non-hydrogen) atoms. The van der Waals surface area contributed by atoms with Gasteiger partial charge in [0.2, 0.25) is 0 Å². The molecule has 1 saturated carbocycles. The van der Waals surface area contributed by atoms with Gasteiger partial charge in [-0.1, -0.05) is 17.7 Å². The molecule has 0 unspecified atom stereocenters. The van der Waals surface area contributed by atoms with Crippen LogP contribution in [0.2, 0.25) is 5.02 Å². The predicted molar refractivity (Wildman–Crippen MR) is 97.4 cm³/mol. The van der Waals surface area contributed by atoms with Crippen LogP contribution in [0.1, 0.15) is 18.4 Å². The molecule has 1 aliphatic carbocycles. The lowest BCUT2D eigenvalue weighted by Crippen LogP contribution is -2.36. The molecular weight excluding hydrogens is 404 g/mol. The van der Waals surface area contributed by atoms with E-state index in [4.69, 9.17) is 16.6 Å². The molecule has 0 radical (unpaired) electrons. The van der Waals surface area contributed by atoms with E-state index < -0.39 is 0 Å². The van der Waals surface area contributed by atoms with Crippen molar-refractivity contribution in [3.63, 3.8) is 0 Å². The first kappa shape index (κ1) is 18.5. The van der Waals surface area contributed by atoms with E-state index in [9.17, 15) is 4.39 Å². The molecule has 6 heteroatoms. The molecule has 1 fully saturated rings. The van der Waals surface area contributed by atoms with Gasteiger partial charge in [0.15, 0.2) is 5.96 Å². The van der Waals surface area contributed by atoms with Gasteiger partial charge in [0, 0.05) is 38.6 Å². The van der Waals surface area contributed by atoms with Gasteiger partial charge in [-0.2, -0.15) is 0 Å². The lowest BCUT2D eigenvalue weighted by Gasteiger charge is -2.24. The highest BCUT2D eigenvalue weighted by atomic mass is 127. The monoisotopic (exact) mass is 425 g/mol. The number of benzene rings is 1. The third-order valence-electron chi connectivity index (χ3n) is 3.68. The van der Waals surface area contributed by atoms with Gasteiger partial charge in [0.25, 0.3) is 0 Å². The topological polar surface area (TPSA) is 18.8 Å². The van der Waals surface area contributed by atoms with Crippen LogP contribution in [0.4, 0.5) is 4.39 Å². The highest BCUT2D eigenvalue weighted by Gasteiger charge is 2.45. The smallest absolute Gasteiger partial charge is 0.195 e. The number of nitrogens with zero attached hydrogens (tertiary/aromatic N) is 3. The average molecular weight is 426 g/mol. The summed E-state index contributed by atoms with van der Waals surface area (Å²) in [7, 11) is 7.90. The Kier molecular flexibility index (Phi) is 6.28. The van der Waals surface area contributed by atoms with E-state index in [0.29, 0.717) is 11.6 Å². The molecule has 0 saturated heterocycles. The molecule has 0 spiro atoms. The Morgan fingerprint density at radius 3 is 2.24 bits per heavy atom. The van der Waals surface area contributed by atoms with Gasteiger partial charge >= 0.3 is 0 Å². The molecule has 1 aromatic carbocycles. The Bertz CT molecular complexity index is 518. The van der Waals surface area contributed by atoms with Crippen LogP contribution in [0, 0.1) is 5.82 Å². The summed E-state index contributed by atoms with van der Waals surface area (Å²) < 4.78 is 13.2. The van der Waals surface area contributed by atoms with Crippen molar-refractivity contribution >= 4 is 41.5 Å².